The summed E-state index contributed by atoms with van der Waals surface area (Å²) < 4.78 is 38.5. The molecule has 162 valence electrons. The molecule has 1 aliphatic carbocycles. The highest BCUT2D eigenvalue weighted by atomic mass is 19.3. The first-order valence-corrected chi connectivity index (χ1v) is 10.1. The molecule has 1 saturated carbocycles. The van der Waals surface area contributed by atoms with Gasteiger partial charge in [0.15, 0.2) is 5.58 Å². The molecular weight excluding hydrogens is 406 g/mol. The van der Waals surface area contributed by atoms with Gasteiger partial charge in [-0.05, 0) is 42.5 Å². The topological polar surface area (TPSA) is 81.4 Å². The molecule has 2 aromatic carbocycles. The van der Waals surface area contributed by atoms with E-state index < -0.39 is 18.1 Å². The van der Waals surface area contributed by atoms with Crippen molar-refractivity contribution in [3.63, 3.8) is 0 Å². The summed E-state index contributed by atoms with van der Waals surface area (Å²) in [5.41, 5.74) is 2.18. The average Bonchev–Trinajstić information content (AvgIpc) is 3.20. The number of halogens is 2. The minimum atomic E-state index is -2.70. The molecule has 6 nitrogen and oxygen atoms in total. The van der Waals surface area contributed by atoms with Gasteiger partial charge in [-0.25, -0.2) is 18.6 Å². The Morgan fingerprint density at radius 2 is 1.97 bits per heavy atom. The number of oxazole rings is 1. The van der Waals surface area contributed by atoms with E-state index in [4.69, 9.17) is 9.15 Å². The molecule has 1 amide bonds. The van der Waals surface area contributed by atoms with Gasteiger partial charge < -0.3 is 14.5 Å². The van der Waals surface area contributed by atoms with Crippen LogP contribution in [0.25, 0.3) is 11.1 Å². The Hall–Kier alpha value is -3.29. The molecule has 3 aromatic rings. The molecule has 8 heteroatoms. The molecule has 1 atom stereocenters. The molecule has 0 bridgehead atoms. The highest BCUT2D eigenvalue weighted by Crippen LogP contribution is 2.41. The predicted octanol–water partition coefficient (Wildman–Crippen LogP) is 5.43. The van der Waals surface area contributed by atoms with Gasteiger partial charge in [0.1, 0.15) is 24.5 Å². The lowest BCUT2D eigenvalue weighted by Gasteiger charge is -2.32. The number of aromatic nitrogens is 1. The Labute approximate surface area is 177 Å². The summed E-state index contributed by atoms with van der Waals surface area (Å²) >= 11 is 0. The molecule has 1 aromatic heterocycles. The van der Waals surface area contributed by atoms with Crippen LogP contribution in [-0.2, 0) is 11.3 Å². The maximum absolute atomic E-state index is 13.7. The first-order valence-electron chi connectivity index (χ1n) is 10.1. The Morgan fingerprint density at radius 3 is 2.68 bits per heavy atom. The lowest BCUT2D eigenvalue weighted by Crippen LogP contribution is -2.37. The summed E-state index contributed by atoms with van der Waals surface area (Å²) in [5, 5.41) is 2.76. The number of alkyl halides is 2. The van der Waals surface area contributed by atoms with Gasteiger partial charge >= 0.3 is 6.09 Å². The van der Waals surface area contributed by atoms with E-state index in [1.807, 2.05) is 30.3 Å². The van der Waals surface area contributed by atoms with E-state index in [1.165, 1.54) is 0 Å². The van der Waals surface area contributed by atoms with E-state index in [0.29, 0.717) is 22.9 Å². The van der Waals surface area contributed by atoms with E-state index in [0.717, 1.165) is 5.56 Å². The molecule has 0 radical (unpaired) electrons. The van der Waals surface area contributed by atoms with Gasteiger partial charge in [0.2, 0.25) is 11.8 Å². The Morgan fingerprint density at radius 1 is 1.23 bits per heavy atom. The van der Waals surface area contributed by atoms with Crippen LogP contribution in [-0.4, -0.2) is 23.3 Å². The van der Waals surface area contributed by atoms with Gasteiger partial charge in [0.25, 0.3) is 0 Å². The van der Waals surface area contributed by atoms with Crippen LogP contribution in [0.2, 0.25) is 0 Å². The zero-order valence-electron chi connectivity index (χ0n) is 16.7. The van der Waals surface area contributed by atoms with Crippen molar-refractivity contribution in [3.05, 3.63) is 65.5 Å². The summed E-state index contributed by atoms with van der Waals surface area (Å²) in [6.07, 6.45) is -0.0612. The fraction of sp³-hybridized carbons (Fsp3) is 0.348. The summed E-state index contributed by atoms with van der Waals surface area (Å²) in [6.45, 7) is 0.0817. The quantitative estimate of drug-likeness (QED) is 0.529. The molecule has 4 rings (SSSR count). The lowest BCUT2D eigenvalue weighted by atomic mass is 9.82. The first-order chi connectivity index (χ1) is 14.9. The second kappa shape index (κ2) is 8.83. The van der Waals surface area contributed by atoms with Crippen LogP contribution < -0.4 is 5.32 Å². The highest BCUT2D eigenvalue weighted by molar-refractivity contribution is 5.83. The van der Waals surface area contributed by atoms with Crippen LogP contribution in [0, 0.1) is 5.92 Å². The van der Waals surface area contributed by atoms with Crippen molar-refractivity contribution in [2.24, 2.45) is 5.92 Å². The van der Waals surface area contributed by atoms with Crippen molar-refractivity contribution in [1.29, 1.82) is 0 Å². The number of hydrogen-bond donors (Lipinski definition) is 1. The van der Waals surface area contributed by atoms with Crippen LogP contribution in [0.3, 0.4) is 0 Å². The zero-order valence-corrected chi connectivity index (χ0v) is 16.7. The molecule has 0 spiro atoms. The van der Waals surface area contributed by atoms with Gasteiger partial charge in [-0.2, -0.15) is 0 Å². The summed E-state index contributed by atoms with van der Waals surface area (Å²) in [4.78, 5) is 27.9. The Balaban J connectivity index is 1.54. The standard InChI is InChI=1S/C23H22F2N2O4/c24-23(25)10-8-17(9-11-23)20(27-22(29)30-14-15-4-2-1-3-5-15)21-26-18-12-16(13-28)6-7-19(18)31-21/h1-7,12-13,17,20H,8-11,14H2,(H,27,29)/t20-/m0/s1. The maximum Gasteiger partial charge on any atom is 0.408 e. The van der Waals surface area contributed by atoms with Crippen molar-refractivity contribution in [2.75, 3.05) is 0 Å². The first kappa shape index (κ1) is 21.0. The third kappa shape index (κ3) is 5.07. The number of rotatable bonds is 6. The minimum absolute atomic E-state index is 0.0817. The van der Waals surface area contributed by atoms with Crippen LogP contribution >= 0.6 is 0 Å². The summed E-state index contributed by atoms with van der Waals surface area (Å²) in [5.74, 6) is -2.76. The third-order valence-corrected chi connectivity index (χ3v) is 5.55. The molecular formula is C23H22F2N2O4. The second-order valence-corrected chi connectivity index (χ2v) is 7.77. The fourth-order valence-corrected chi connectivity index (χ4v) is 3.84. The van der Waals surface area contributed by atoms with Gasteiger partial charge in [-0.3, -0.25) is 4.79 Å². The van der Waals surface area contributed by atoms with Crippen LogP contribution in [0.4, 0.5) is 13.6 Å². The van der Waals surface area contributed by atoms with E-state index in [-0.39, 0.29) is 44.1 Å². The molecule has 1 N–H and O–H groups in total. The number of aldehydes is 1. The number of benzene rings is 2. The number of hydrogen-bond acceptors (Lipinski definition) is 5. The molecule has 1 aliphatic rings. The van der Waals surface area contributed by atoms with E-state index in [2.05, 4.69) is 10.3 Å². The summed E-state index contributed by atoms with van der Waals surface area (Å²) in [6, 6.07) is 13.3. The van der Waals surface area contributed by atoms with Gasteiger partial charge in [0.05, 0.1) is 0 Å². The molecule has 31 heavy (non-hydrogen) atoms. The largest absolute Gasteiger partial charge is 0.445 e. The fourth-order valence-electron chi connectivity index (χ4n) is 3.84. The third-order valence-electron chi connectivity index (χ3n) is 5.55. The molecule has 1 fully saturated rings. The number of carbonyl (C=O) groups excluding carboxylic acids is 2. The number of nitrogens with zero attached hydrogens (tertiary/aromatic N) is 1. The summed E-state index contributed by atoms with van der Waals surface area (Å²) in [7, 11) is 0. The van der Waals surface area contributed by atoms with Crippen molar-refractivity contribution in [1.82, 2.24) is 10.3 Å². The molecule has 1 heterocycles. The van der Waals surface area contributed by atoms with Crippen LogP contribution in [0.15, 0.2) is 52.9 Å². The lowest BCUT2D eigenvalue weighted by molar-refractivity contribution is -0.0505. The Bertz CT molecular complexity index is 1060. The zero-order chi connectivity index (χ0) is 21.8. The normalized spacial score (nSPS) is 17.2. The van der Waals surface area contributed by atoms with Crippen LogP contribution in [0.1, 0.15) is 53.5 Å². The van der Waals surface area contributed by atoms with Crippen molar-refractivity contribution < 1.29 is 27.5 Å². The van der Waals surface area contributed by atoms with Crippen molar-refractivity contribution in [3.8, 4) is 0 Å². The Kier molecular flexibility index (Phi) is 5.97. The number of fused-ring (bicyclic) bond motifs is 1. The molecule has 0 aliphatic heterocycles. The number of nitrogens with one attached hydrogen (secondary N) is 1. The SMILES string of the molecule is O=Cc1ccc2oc([C@@H](NC(=O)OCc3ccccc3)C3CCC(F)(F)CC3)nc2c1. The number of ether oxygens (including phenoxy) is 1. The molecule has 0 saturated heterocycles. The predicted molar refractivity (Wildman–Crippen MR) is 109 cm³/mol. The number of carbonyl (C=O) groups is 2. The van der Waals surface area contributed by atoms with Crippen LogP contribution in [0.5, 0.6) is 0 Å². The monoisotopic (exact) mass is 428 g/mol. The van der Waals surface area contributed by atoms with E-state index in [1.54, 1.807) is 18.2 Å². The van der Waals surface area contributed by atoms with E-state index in [9.17, 15) is 18.4 Å². The van der Waals surface area contributed by atoms with Gasteiger partial charge in [-0.15, -0.1) is 0 Å². The van der Waals surface area contributed by atoms with Gasteiger partial charge in [-0.1, -0.05) is 30.3 Å². The minimum Gasteiger partial charge on any atom is -0.445 e. The van der Waals surface area contributed by atoms with Crippen molar-refractivity contribution in [2.45, 2.75) is 44.3 Å². The van der Waals surface area contributed by atoms with Crippen molar-refractivity contribution >= 4 is 23.5 Å². The highest BCUT2D eigenvalue weighted by Gasteiger charge is 2.40. The van der Waals surface area contributed by atoms with E-state index >= 15 is 0 Å². The number of alkyl carbamates (subject to hydrolysis) is 1. The second-order valence-electron chi connectivity index (χ2n) is 7.77. The molecule has 0 unspecified atom stereocenters. The van der Waals surface area contributed by atoms with Gasteiger partial charge in [0, 0.05) is 18.4 Å². The average molecular weight is 428 g/mol. The smallest absolute Gasteiger partial charge is 0.408 e. The number of amides is 1. The maximum atomic E-state index is 13.7.